The van der Waals surface area contributed by atoms with Crippen LogP contribution in [0.3, 0.4) is 0 Å². The minimum absolute atomic E-state index is 0.0967. The van der Waals surface area contributed by atoms with Crippen LogP contribution in [0.15, 0.2) is 24.3 Å². The van der Waals surface area contributed by atoms with Crippen LogP contribution >= 0.6 is 0 Å². The minimum Gasteiger partial charge on any atom is -0.481 e. The van der Waals surface area contributed by atoms with Crippen molar-refractivity contribution in [3.63, 3.8) is 0 Å². The van der Waals surface area contributed by atoms with Gasteiger partial charge in [0, 0.05) is 13.1 Å². The highest BCUT2D eigenvalue weighted by Crippen LogP contribution is 2.19. The van der Waals surface area contributed by atoms with E-state index >= 15 is 0 Å². The molecule has 1 aliphatic rings. The van der Waals surface area contributed by atoms with Crippen molar-refractivity contribution in [2.45, 2.75) is 32.8 Å². The predicted octanol–water partition coefficient (Wildman–Crippen LogP) is 2.22. The number of nitrogens with zero attached hydrogens (tertiary/aromatic N) is 1. The highest BCUT2D eigenvalue weighted by molar-refractivity contribution is 5.81. The van der Waals surface area contributed by atoms with Crippen LogP contribution in [0.25, 0.3) is 0 Å². The fraction of sp³-hybridized carbons (Fsp3) is 0.588. The number of carbonyl (C=O) groups is 1. The second-order valence-electron chi connectivity index (χ2n) is 5.90. The zero-order valence-corrected chi connectivity index (χ0v) is 13.3. The molecule has 1 unspecified atom stereocenters. The summed E-state index contributed by atoms with van der Waals surface area (Å²) in [6.07, 6.45) is 1.72. The summed E-state index contributed by atoms with van der Waals surface area (Å²) < 4.78 is 5.78. The minimum atomic E-state index is -0.423. The Kier molecular flexibility index (Phi) is 5.62. The van der Waals surface area contributed by atoms with Crippen molar-refractivity contribution in [1.29, 1.82) is 0 Å². The van der Waals surface area contributed by atoms with Gasteiger partial charge in [-0.15, -0.1) is 0 Å². The number of piperidine rings is 1. The Morgan fingerprint density at radius 1 is 1.43 bits per heavy atom. The lowest BCUT2D eigenvalue weighted by Gasteiger charge is -2.33. The second-order valence-corrected chi connectivity index (χ2v) is 5.90. The summed E-state index contributed by atoms with van der Waals surface area (Å²) in [6, 6.07) is 7.83. The molecule has 116 valence electrons. The van der Waals surface area contributed by atoms with Gasteiger partial charge in [-0.1, -0.05) is 12.1 Å². The summed E-state index contributed by atoms with van der Waals surface area (Å²) in [5.74, 6) is 1.55. The Morgan fingerprint density at radius 2 is 2.14 bits per heavy atom. The molecular formula is C17H26N2O2. The maximum Gasteiger partial charge on any atom is 0.263 e. The molecule has 0 bridgehead atoms. The van der Waals surface area contributed by atoms with Crippen LogP contribution < -0.4 is 10.1 Å². The first kappa shape index (κ1) is 15.8. The maximum absolute atomic E-state index is 12.4. The van der Waals surface area contributed by atoms with E-state index in [2.05, 4.69) is 5.32 Å². The Balaban J connectivity index is 1.85. The molecule has 21 heavy (non-hydrogen) atoms. The Hall–Kier alpha value is -1.55. The lowest BCUT2D eigenvalue weighted by Crippen LogP contribution is -2.45. The highest BCUT2D eigenvalue weighted by atomic mass is 16.5. The third-order valence-corrected chi connectivity index (χ3v) is 4.07. The number of rotatable bonds is 5. The van der Waals surface area contributed by atoms with Gasteiger partial charge in [-0.2, -0.15) is 0 Å². The third kappa shape index (κ3) is 4.46. The van der Waals surface area contributed by atoms with Crippen LogP contribution in [0.2, 0.25) is 0 Å². The molecule has 0 saturated carbocycles. The lowest BCUT2D eigenvalue weighted by molar-refractivity contribution is -0.139. The zero-order valence-electron chi connectivity index (χ0n) is 13.3. The van der Waals surface area contributed by atoms with Gasteiger partial charge in [0.05, 0.1) is 0 Å². The smallest absolute Gasteiger partial charge is 0.263 e. The first-order valence-electron chi connectivity index (χ1n) is 7.77. The van der Waals surface area contributed by atoms with Crippen molar-refractivity contribution < 1.29 is 9.53 Å². The van der Waals surface area contributed by atoms with E-state index in [4.69, 9.17) is 4.74 Å². The molecule has 1 amide bonds. The Labute approximate surface area is 127 Å². The molecule has 1 heterocycles. The van der Waals surface area contributed by atoms with Gasteiger partial charge >= 0.3 is 0 Å². The van der Waals surface area contributed by atoms with Gasteiger partial charge in [-0.3, -0.25) is 4.79 Å². The van der Waals surface area contributed by atoms with Gasteiger partial charge in [0.25, 0.3) is 5.91 Å². The quantitative estimate of drug-likeness (QED) is 0.904. The number of amides is 1. The molecule has 0 aromatic heterocycles. The number of benzene rings is 1. The van der Waals surface area contributed by atoms with Crippen molar-refractivity contribution in [3.8, 4) is 5.75 Å². The van der Waals surface area contributed by atoms with E-state index in [-0.39, 0.29) is 5.91 Å². The Bertz CT molecular complexity index is 468. The molecule has 1 atom stereocenters. The number of nitrogens with one attached hydrogen (secondary N) is 1. The topological polar surface area (TPSA) is 41.6 Å². The molecule has 1 fully saturated rings. The summed E-state index contributed by atoms with van der Waals surface area (Å²) in [5.41, 5.74) is 1.14. The van der Waals surface area contributed by atoms with Crippen molar-refractivity contribution in [2.75, 3.05) is 26.7 Å². The molecule has 4 nitrogen and oxygen atoms in total. The first-order valence-corrected chi connectivity index (χ1v) is 7.77. The zero-order chi connectivity index (χ0) is 15.2. The molecule has 1 aromatic carbocycles. The van der Waals surface area contributed by atoms with E-state index < -0.39 is 6.10 Å². The van der Waals surface area contributed by atoms with Gasteiger partial charge < -0.3 is 15.0 Å². The van der Waals surface area contributed by atoms with Gasteiger partial charge in [0.2, 0.25) is 0 Å². The number of hydrogen-bond donors (Lipinski definition) is 1. The van der Waals surface area contributed by atoms with Crippen LogP contribution in [-0.2, 0) is 4.79 Å². The van der Waals surface area contributed by atoms with Crippen molar-refractivity contribution in [3.05, 3.63) is 29.8 Å². The molecule has 1 N–H and O–H groups in total. The SMILES string of the molecule is CNCC1CCN(C(=O)C(C)Oc2cccc(C)c2)CC1. The average Bonchev–Trinajstić information content (AvgIpc) is 2.47. The average molecular weight is 290 g/mol. The molecule has 1 aromatic rings. The van der Waals surface area contributed by atoms with Gasteiger partial charge in [0.15, 0.2) is 6.10 Å². The van der Waals surface area contributed by atoms with E-state index in [9.17, 15) is 4.79 Å². The van der Waals surface area contributed by atoms with Gasteiger partial charge in [-0.25, -0.2) is 0 Å². The van der Waals surface area contributed by atoms with E-state index in [1.54, 1.807) is 0 Å². The largest absolute Gasteiger partial charge is 0.481 e. The standard InChI is InChI=1S/C17H26N2O2/c1-13-5-4-6-16(11-13)21-14(2)17(20)19-9-7-15(8-10-19)12-18-3/h4-6,11,14-15,18H,7-10,12H2,1-3H3. The number of carbonyl (C=O) groups excluding carboxylic acids is 1. The van der Waals surface area contributed by atoms with Crippen molar-refractivity contribution in [1.82, 2.24) is 10.2 Å². The van der Waals surface area contributed by atoms with Crippen LogP contribution in [-0.4, -0.2) is 43.6 Å². The van der Waals surface area contributed by atoms with Crippen LogP contribution in [0.5, 0.6) is 5.75 Å². The number of hydrogen-bond acceptors (Lipinski definition) is 3. The highest BCUT2D eigenvalue weighted by Gasteiger charge is 2.26. The first-order chi connectivity index (χ1) is 10.1. The van der Waals surface area contributed by atoms with E-state index in [1.165, 1.54) is 0 Å². The summed E-state index contributed by atoms with van der Waals surface area (Å²) in [6.45, 7) is 6.58. The van der Waals surface area contributed by atoms with E-state index in [0.29, 0.717) is 5.92 Å². The molecular weight excluding hydrogens is 264 g/mol. The van der Waals surface area contributed by atoms with Crippen LogP contribution in [0.1, 0.15) is 25.3 Å². The summed E-state index contributed by atoms with van der Waals surface area (Å²) >= 11 is 0. The third-order valence-electron chi connectivity index (χ3n) is 4.07. The molecule has 1 saturated heterocycles. The summed E-state index contributed by atoms with van der Waals surface area (Å²) in [5, 5.41) is 3.21. The molecule has 1 aliphatic heterocycles. The predicted molar refractivity (Wildman–Crippen MR) is 84.5 cm³/mol. The fourth-order valence-corrected chi connectivity index (χ4v) is 2.85. The summed E-state index contributed by atoms with van der Waals surface area (Å²) in [4.78, 5) is 14.4. The maximum atomic E-state index is 12.4. The molecule has 0 aliphatic carbocycles. The molecule has 4 heteroatoms. The molecule has 0 spiro atoms. The second kappa shape index (κ2) is 7.46. The van der Waals surface area contributed by atoms with Crippen molar-refractivity contribution >= 4 is 5.91 Å². The summed E-state index contributed by atoms with van der Waals surface area (Å²) in [7, 11) is 1.98. The lowest BCUT2D eigenvalue weighted by atomic mass is 9.96. The monoisotopic (exact) mass is 290 g/mol. The fourth-order valence-electron chi connectivity index (χ4n) is 2.85. The molecule has 2 rings (SSSR count). The molecule has 0 radical (unpaired) electrons. The number of likely N-dealkylation sites (tertiary alicyclic amines) is 1. The Morgan fingerprint density at radius 3 is 2.76 bits per heavy atom. The van der Waals surface area contributed by atoms with Crippen molar-refractivity contribution in [2.24, 2.45) is 5.92 Å². The van der Waals surface area contributed by atoms with Crippen LogP contribution in [0, 0.1) is 12.8 Å². The van der Waals surface area contributed by atoms with Gasteiger partial charge in [-0.05, 0) is 63.9 Å². The van der Waals surface area contributed by atoms with E-state index in [1.807, 2.05) is 50.1 Å². The van der Waals surface area contributed by atoms with Gasteiger partial charge in [0.1, 0.15) is 5.75 Å². The number of ether oxygens (including phenoxy) is 1. The normalized spacial score (nSPS) is 17.6. The van der Waals surface area contributed by atoms with E-state index in [0.717, 1.165) is 43.8 Å². The number of aryl methyl sites for hydroxylation is 1. The van der Waals surface area contributed by atoms with Crippen LogP contribution in [0.4, 0.5) is 0 Å².